The SMILES string of the molecule is COCCOc1cccc(NCc2ccnn2C)c1. The number of methoxy groups -OCH3 is 1. The fourth-order valence-corrected chi connectivity index (χ4v) is 1.71. The van der Waals surface area contributed by atoms with E-state index in [0.717, 1.165) is 23.7 Å². The Balaban J connectivity index is 1.90. The molecule has 5 nitrogen and oxygen atoms in total. The molecule has 0 saturated heterocycles. The van der Waals surface area contributed by atoms with Gasteiger partial charge in [-0.3, -0.25) is 4.68 Å². The molecule has 0 atom stereocenters. The van der Waals surface area contributed by atoms with Gasteiger partial charge in [-0.2, -0.15) is 5.10 Å². The number of hydrogen-bond donors (Lipinski definition) is 1. The van der Waals surface area contributed by atoms with Crippen LogP contribution in [0.4, 0.5) is 5.69 Å². The number of hydrogen-bond acceptors (Lipinski definition) is 4. The molecule has 0 saturated carbocycles. The summed E-state index contributed by atoms with van der Waals surface area (Å²) in [5, 5.41) is 7.48. The molecule has 0 unspecified atom stereocenters. The third-order valence-electron chi connectivity index (χ3n) is 2.79. The molecule has 0 aliphatic carbocycles. The Labute approximate surface area is 113 Å². The Morgan fingerprint density at radius 1 is 1.26 bits per heavy atom. The fourth-order valence-electron chi connectivity index (χ4n) is 1.71. The van der Waals surface area contributed by atoms with Crippen LogP contribution in [0.5, 0.6) is 5.75 Å². The molecule has 1 aromatic carbocycles. The zero-order chi connectivity index (χ0) is 13.5. The Hall–Kier alpha value is -2.01. The predicted molar refractivity (Wildman–Crippen MR) is 74.3 cm³/mol. The molecule has 19 heavy (non-hydrogen) atoms. The summed E-state index contributed by atoms with van der Waals surface area (Å²) in [6.07, 6.45) is 1.79. The van der Waals surface area contributed by atoms with Gasteiger partial charge in [0, 0.05) is 32.1 Å². The van der Waals surface area contributed by atoms with Crippen molar-refractivity contribution in [2.75, 3.05) is 25.6 Å². The maximum atomic E-state index is 5.57. The lowest BCUT2D eigenvalue weighted by Gasteiger charge is -2.09. The molecular weight excluding hydrogens is 242 g/mol. The standard InChI is InChI=1S/C14H19N3O2/c1-17-13(6-7-16-17)11-15-12-4-3-5-14(10-12)19-9-8-18-2/h3-7,10,15H,8-9,11H2,1-2H3. The predicted octanol–water partition coefficient (Wildman–Crippen LogP) is 2.06. The van der Waals surface area contributed by atoms with Gasteiger partial charge in [0.05, 0.1) is 18.8 Å². The third kappa shape index (κ3) is 3.99. The maximum absolute atomic E-state index is 5.57. The number of rotatable bonds is 7. The van der Waals surface area contributed by atoms with E-state index in [-0.39, 0.29) is 0 Å². The van der Waals surface area contributed by atoms with Crippen LogP contribution in [0.3, 0.4) is 0 Å². The lowest BCUT2D eigenvalue weighted by atomic mass is 10.3. The largest absolute Gasteiger partial charge is 0.491 e. The van der Waals surface area contributed by atoms with Crippen LogP contribution in [0.2, 0.25) is 0 Å². The molecule has 0 fully saturated rings. The molecule has 0 radical (unpaired) electrons. The molecule has 0 amide bonds. The van der Waals surface area contributed by atoms with Crippen LogP contribution in [-0.2, 0) is 18.3 Å². The van der Waals surface area contributed by atoms with E-state index in [2.05, 4.69) is 10.4 Å². The van der Waals surface area contributed by atoms with Crippen molar-refractivity contribution in [1.82, 2.24) is 9.78 Å². The minimum absolute atomic E-state index is 0.557. The van der Waals surface area contributed by atoms with E-state index in [0.29, 0.717) is 13.2 Å². The summed E-state index contributed by atoms with van der Waals surface area (Å²) in [4.78, 5) is 0. The van der Waals surface area contributed by atoms with Crippen LogP contribution >= 0.6 is 0 Å². The lowest BCUT2D eigenvalue weighted by molar-refractivity contribution is 0.146. The van der Waals surface area contributed by atoms with Crippen LogP contribution in [0.25, 0.3) is 0 Å². The van der Waals surface area contributed by atoms with Gasteiger partial charge in [0.25, 0.3) is 0 Å². The molecule has 0 aliphatic rings. The number of aromatic nitrogens is 2. The van der Waals surface area contributed by atoms with Crippen molar-refractivity contribution in [2.45, 2.75) is 6.54 Å². The van der Waals surface area contributed by atoms with Crippen LogP contribution in [0.15, 0.2) is 36.5 Å². The highest BCUT2D eigenvalue weighted by molar-refractivity contribution is 5.48. The minimum Gasteiger partial charge on any atom is -0.491 e. The summed E-state index contributed by atoms with van der Waals surface area (Å²) in [5.74, 6) is 0.840. The van der Waals surface area contributed by atoms with Crippen molar-refractivity contribution in [2.24, 2.45) is 7.05 Å². The summed E-state index contributed by atoms with van der Waals surface area (Å²) in [6, 6.07) is 9.89. The van der Waals surface area contributed by atoms with Crippen molar-refractivity contribution in [3.8, 4) is 5.75 Å². The Kier molecular flexibility index (Phi) is 4.80. The topological polar surface area (TPSA) is 48.3 Å². The van der Waals surface area contributed by atoms with Crippen molar-refractivity contribution in [3.63, 3.8) is 0 Å². The smallest absolute Gasteiger partial charge is 0.121 e. The highest BCUT2D eigenvalue weighted by atomic mass is 16.5. The molecule has 0 aliphatic heterocycles. The van der Waals surface area contributed by atoms with Crippen LogP contribution in [0.1, 0.15) is 5.69 Å². The first-order valence-electron chi connectivity index (χ1n) is 6.22. The first-order chi connectivity index (χ1) is 9.29. The number of anilines is 1. The second-order valence-corrected chi connectivity index (χ2v) is 4.17. The Morgan fingerprint density at radius 3 is 2.89 bits per heavy atom. The van der Waals surface area contributed by atoms with E-state index >= 15 is 0 Å². The van der Waals surface area contributed by atoms with Crippen molar-refractivity contribution in [3.05, 3.63) is 42.2 Å². The second-order valence-electron chi connectivity index (χ2n) is 4.17. The molecule has 1 N–H and O–H groups in total. The van der Waals surface area contributed by atoms with Gasteiger partial charge in [0.1, 0.15) is 12.4 Å². The number of nitrogens with one attached hydrogen (secondary N) is 1. The molecule has 0 spiro atoms. The van der Waals surface area contributed by atoms with E-state index in [1.807, 2.05) is 42.1 Å². The van der Waals surface area contributed by atoms with Crippen LogP contribution < -0.4 is 10.1 Å². The maximum Gasteiger partial charge on any atom is 0.121 e. The van der Waals surface area contributed by atoms with Gasteiger partial charge in [0.15, 0.2) is 0 Å². The summed E-state index contributed by atoms with van der Waals surface area (Å²) in [5.41, 5.74) is 2.15. The summed E-state index contributed by atoms with van der Waals surface area (Å²) < 4.78 is 12.4. The van der Waals surface area contributed by atoms with Gasteiger partial charge in [-0.15, -0.1) is 0 Å². The molecule has 1 heterocycles. The molecular formula is C14H19N3O2. The average Bonchev–Trinajstić information content (AvgIpc) is 2.83. The second kappa shape index (κ2) is 6.80. The Bertz CT molecular complexity index is 511. The molecule has 5 heteroatoms. The van der Waals surface area contributed by atoms with Crippen molar-refractivity contribution in [1.29, 1.82) is 0 Å². The number of ether oxygens (including phenoxy) is 2. The molecule has 102 valence electrons. The zero-order valence-electron chi connectivity index (χ0n) is 11.3. The number of benzene rings is 1. The highest BCUT2D eigenvalue weighted by Gasteiger charge is 2.00. The molecule has 1 aromatic heterocycles. The van der Waals surface area contributed by atoms with Crippen LogP contribution in [-0.4, -0.2) is 30.1 Å². The first-order valence-corrected chi connectivity index (χ1v) is 6.22. The van der Waals surface area contributed by atoms with Crippen molar-refractivity contribution >= 4 is 5.69 Å². The fraction of sp³-hybridized carbons (Fsp3) is 0.357. The number of nitrogens with zero attached hydrogens (tertiary/aromatic N) is 2. The zero-order valence-corrected chi connectivity index (χ0v) is 11.3. The van der Waals surface area contributed by atoms with Gasteiger partial charge in [-0.1, -0.05) is 6.07 Å². The summed E-state index contributed by atoms with van der Waals surface area (Å²) in [7, 11) is 3.59. The van der Waals surface area contributed by atoms with E-state index in [9.17, 15) is 0 Å². The van der Waals surface area contributed by atoms with E-state index in [4.69, 9.17) is 9.47 Å². The summed E-state index contributed by atoms with van der Waals surface area (Å²) in [6.45, 7) is 1.88. The van der Waals surface area contributed by atoms with Gasteiger partial charge >= 0.3 is 0 Å². The quantitative estimate of drug-likeness (QED) is 0.775. The average molecular weight is 261 g/mol. The van der Waals surface area contributed by atoms with Gasteiger partial charge in [-0.05, 0) is 18.2 Å². The normalized spacial score (nSPS) is 10.4. The molecule has 0 bridgehead atoms. The van der Waals surface area contributed by atoms with Gasteiger partial charge < -0.3 is 14.8 Å². The summed E-state index contributed by atoms with van der Waals surface area (Å²) >= 11 is 0. The van der Waals surface area contributed by atoms with E-state index in [1.165, 1.54) is 0 Å². The number of aryl methyl sites for hydroxylation is 1. The van der Waals surface area contributed by atoms with E-state index in [1.54, 1.807) is 13.3 Å². The molecule has 2 aromatic rings. The van der Waals surface area contributed by atoms with Crippen molar-refractivity contribution < 1.29 is 9.47 Å². The minimum atomic E-state index is 0.557. The van der Waals surface area contributed by atoms with Crippen LogP contribution in [0, 0.1) is 0 Å². The Morgan fingerprint density at radius 2 is 2.16 bits per heavy atom. The van der Waals surface area contributed by atoms with Gasteiger partial charge in [-0.25, -0.2) is 0 Å². The highest BCUT2D eigenvalue weighted by Crippen LogP contribution is 2.17. The third-order valence-corrected chi connectivity index (χ3v) is 2.79. The first kappa shape index (κ1) is 13.4. The van der Waals surface area contributed by atoms with Gasteiger partial charge in [0.2, 0.25) is 0 Å². The van der Waals surface area contributed by atoms with E-state index < -0.39 is 0 Å². The molecule has 2 rings (SSSR count). The lowest BCUT2D eigenvalue weighted by Crippen LogP contribution is -2.06. The monoisotopic (exact) mass is 261 g/mol.